The summed E-state index contributed by atoms with van der Waals surface area (Å²) >= 11 is 0. The van der Waals surface area contributed by atoms with Gasteiger partial charge in [-0.25, -0.2) is 4.98 Å². The zero-order valence-corrected chi connectivity index (χ0v) is 21.9. The summed E-state index contributed by atoms with van der Waals surface area (Å²) in [5.41, 5.74) is 6.00. The molecule has 0 bridgehead atoms. The van der Waals surface area contributed by atoms with Gasteiger partial charge in [-0.1, -0.05) is 48.5 Å². The maximum atomic E-state index is 12.3. The van der Waals surface area contributed by atoms with E-state index < -0.39 is 5.97 Å². The number of nitrogens with zero attached hydrogens (tertiary/aromatic N) is 1. The minimum atomic E-state index is -1.27. The Morgan fingerprint density at radius 3 is 2.63 bits per heavy atom. The summed E-state index contributed by atoms with van der Waals surface area (Å²) in [6.07, 6.45) is 1.65. The second kappa shape index (κ2) is 9.15. The minimum absolute atomic E-state index is 0. The van der Waals surface area contributed by atoms with Crippen molar-refractivity contribution in [2.75, 3.05) is 0 Å². The van der Waals surface area contributed by atoms with Crippen LogP contribution < -0.4 is 39.4 Å². The summed E-state index contributed by atoms with van der Waals surface area (Å²) in [5.74, 6) is -0.215. The predicted molar refractivity (Wildman–Crippen MR) is 129 cm³/mol. The second-order valence-corrected chi connectivity index (χ2v) is 8.84. The van der Waals surface area contributed by atoms with Gasteiger partial charge in [-0.2, -0.15) is 0 Å². The fourth-order valence-corrected chi connectivity index (χ4v) is 5.03. The van der Waals surface area contributed by atoms with Crippen molar-refractivity contribution in [1.29, 1.82) is 0 Å². The van der Waals surface area contributed by atoms with Gasteiger partial charge in [-0.15, -0.1) is 0 Å². The monoisotopic (exact) mass is 471 g/mol. The number of aromatic nitrogens is 1. The fraction of sp³-hybridized carbons (Fsp3) is 0.172. The number of aryl methyl sites for hydroxylation is 3. The van der Waals surface area contributed by atoms with E-state index in [1.165, 1.54) is 11.6 Å². The molecule has 0 saturated carbocycles. The number of fused-ring (bicyclic) bond motifs is 3. The average Bonchev–Trinajstić information content (AvgIpc) is 3.41. The van der Waals surface area contributed by atoms with Crippen LogP contribution in [0.1, 0.15) is 45.1 Å². The van der Waals surface area contributed by atoms with Crippen molar-refractivity contribution < 1.29 is 48.6 Å². The zero-order chi connectivity index (χ0) is 23.4. The van der Waals surface area contributed by atoms with Crippen LogP contribution >= 0.6 is 0 Å². The number of hydrogen-bond acceptors (Lipinski definition) is 5. The van der Waals surface area contributed by atoms with Crippen LogP contribution in [0.15, 0.2) is 71.1 Å². The Kier molecular flexibility index (Phi) is 6.18. The number of carboxylic acid groups (broad SMARTS) is 1. The first-order valence-electron chi connectivity index (χ1n) is 11.4. The molecule has 1 atom stereocenters. The quantitative estimate of drug-likeness (QED) is 0.377. The van der Waals surface area contributed by atoms with Crippen molar-refractivity contribution >= 4 is 27.8 Å². The van der Waals surface area contributed by atoms with Crippen molar-refractivity contribution in [3.05, 3.63) is 94.5 Å². The number of para-hydroxylation sites is 1. The van der Waals surface area contributed by atoms with Gasteiger partial charge < -0.3 is 19.1 Å². The van der Waals surface area contributed by atoms with Crippen LogP contribution in [0.4, 0.5) is 0 Å². The molecule has 0 amide bonds. The van der Waals surface area contributed by atoms with Gasteiger partial charge in [0.2, 0.25) is 0 Å². The van der Waals surface area contributed by atoms with Gasteiger partial charge in [0.25, 0.3) is 0 Å². The molecule has 0 unspecified atom stereocenters. The molecule has 5 nitrogen and oxygen atoms in total. The van der Waals surface area contributed by atoms with Gasteiger partial charge in [-0.05, 0) is 61.6 Å². The number of pyridine rings is 1. The molecule has 1 aliphatic rings. The van der Waals surface area contributed by atoms with Crippen molar-refractivity contribution in [1.82, 2.24) is 4.98 Å². The maximum Gasteiger partial charge on any atom is 1.00 e. The first-order valence-corrected chi connectivity index (χ1v) is 11.4. The normalized spacial score (nSPS) is 14.6. The Bertz CT molecular complexity index is 1600. The minimum Gasteiger partial charge on any atom is -0.545 e. The third-order valence-corrected chi connectivity index (χ3v) is 6.77. The Balaban J connectivity index is 0.00000253. The number of benzene rings is 3. The van der Waals surface area contributed by atoms with Crippen LogP contribution in [0.2, 0.25) is 0 Å². The van der Waals surface area contributed by atoms with E-state index in [0.717, 1.165) is 40.5 Å². The number of carbonyl (C=O) groups excluding carboxylic acids is 1. The molecule has 0 saturated heterocycles. The number of carbonyl (C=O) groups is 1. The first kappa shape index (κ1) is 23.6. The van der Waals surface area contributed by atoms with Crippen LogP contribution in [0.25, 0.3) is 33.3 Å². The smallest absolute Gasteiger partial charge is 0.545 e. The molecule has 35 heavy (non-hydrogen) atoms. The van der Waals surface area contributed by atoms with Gasteiger partial charge >= 0.3 is 29.6 Å². The second-order valence-electron chi connectivity index (χ2n) is 8.84. The zero-order valence-electron chi connectivity index (χ0n) is 19.9. The Labute approximate surface area is 225 Å². The van der Waals surface area contributed by atoms with Crippen LogP contribution in [0.3, 0.4) is 0 Å². The van der Waals surface area contributed by atoms with E-state index in [1.54, 1.807) is 0 Å². The summed E-state index contributed by atoms with van der Waals surface area (Å²) in [5, 5.41) is 13.8. The SMILES string of the molecule is Cc1c(-c2cc(C(=O)[O-])c3c(O[C@H]4CCc5ccccc54)ccc(C)c3n2)oc2ccccc12.[Na+]. The molecule has 0 fully saturated rings. The molecule has 0 N–H and O–H groups in total. The van der Waals surface area contributed by atoms with Crippen LogP contribution in [0.5, 0.6) is 5.75 Å². The van der Waals surface area contributed by atoms with Gasteiger partial charge in [0.05, 0.1) is 16.9 Å². The first-order chi connectivity index (χ1) is 16.5. The molecule has 2 aromatic heterocycles. The number of aromatic carboxylic acids is 1. The van der Waals surface area contributed by atoms with E-state index in [2.05, 4.69) is 12.1 Å². The molecular weight excluding hydrogens is 449 g/mol. The molecule has 0 aliphatic heterocycles. The van der Waals surface area contributed by atoms with E-state index in [1.807, 2.05) is 62.4 Å². The molecule has 3 aromatic carbocycles. The van der Waals surface area contributed by atoms with Gasteiger partial charge in [0.1, 0.15) is 23.1 Å². The number of carboxylic acids is 1. The van der Waals surface area contributed by atoms with Crippen LogP contribution in [-0.2, 0) is 6.42 Å². The molecule has 1 aliphatic carbocycles. The largest absolute Gasteiger partial charge is 1.00 e. The molecular formula is C29H22NNaO4. The van der Waals surface area contributed by atoms with E-state index in [-0.39, 0.29) is 41.2 Å². The number of furan rings is 1. The number of ether oxygens (including phenoxy) is 1. The summed E-state index contributed by atoms with van der Waals surface area (Å²) in [6.45, 7) is 3.87. The maximum absolute atomic E-state index is 12.3. The van der Waals surface area contributed by atoms with Crippen LogP contribution in [0, 0.1) is 13.8 Å². The van der Waals surface area contributed by atoms with Crippen molar-refractivity contribution in [2.45, 2.75) is 32.8 Å². The van der Waals surface area contributed by atoms with Gasteiger partial charge in [-0.3, -0.25) is 0 Å². The van der Waals surface area contributed by atoms with Crippen molar-refractivity contribution in [3.63, 3.8) is 0 Å². The van der Waals surface area contributed by atoms with Gasteiger partial charge in [0, 0.05) is 16.5 Å². The van der Waals surface area contributed by atoms with E-state index in [9.17, 15) is 9.90 Å². The van der Waals surface area contributed by atoms with E-state index >= 15 is 0 Å². The Hall–Kier alpha value is -3.12. The summed E-state index contributed by atoms with van der Waals surface area (Å²) in [4.78, 5) is 17.2. The Morgan fingerprint density at radius 1 is 1.06 bits per heavy atom. The molecule has 168 valence electrons. The standard InChI is InChI=1S/C29H23NO4.Na/c1-16-11-13-25(33-24-14-12-18-7-3-4-9-20(18)24)26-21(29(31)32)15-22(30-27(16)26)28-17(2)19-8-5-6-10-23(19)34-28;/h3-11,13,15,24H,12,14H2,1-2H3,(H,31,32);/q;+1/p-1/t24-;/m0./s1. The molecule has 0 radical (unpaired) electrons. The molecule has 0 spiro atoms. The fourth-order valence-electron chi connectivity index (χ4n) is 5.03. The molecule has 5 aromatic rings. The van der Waals surface area contributed by atoms with Gasteiger partial charge in [0.15, 0.2) is 5.76 Å². The number of rotatable bonds is 4. The summed E-state index contributed by atoms with van der Waals surface area (Å²) in [7, 11) is 0. The molecule has 2 heterocycles. The van der Waals surface area contributed by atoms with Crippen LogP contribution in [-0.4, -0.2) is 11.0 Å². The number of hydrogen-bond donors (Lipinski definition) is 0. The molecule has 6 heteroatoms. The molecule has 6 rings (SSSR count). The predicted octanol–water partition coefficient (Wildman–Crippen LogP) is 2.70. The summed E-state index contributed by atoms with van der Waals surface area (Å²) < 4.78 is 12.5. The van der Waals surface area contributed by atoms with Crippen molar-refractivity contribution in [2.24, 2.45) is 0 Å². The third-order valence-electron chi connectivity index (χ3n) is 6.77. The average molecular weight is 471 g/mol. The van der Waals surface area contributed by atoms with E-state index in [0.29, 0.717) is 28.1 Å². The van der Waals surface area contributed by atoms with E-state index in [4.69, 9.17) is 14.1 Å². The Morgan fingerprint density at radius 2 is 1.83 bits per heavy atom. The summed E-state index contributed by atoms with van der Waals surface area (Å²) in [6, 6.07) is 21.2. The van der Waals surface area contributed by atoms with Crippen molar-refractivity contribution in [3.8, 4) is 17.2 Å². The third kappa shape index (κ3) is 3.94. The topological polar surface area (TPSA) is 75.4 Å².